The first kappa shape index (κ1) is 11.0. The highest BCUT2D eigenvalue weighted by atomic mass is 32.1. The molecule has 1 aromatic heterocycles. The lowest BCUT2D eigenvalue weighted by molar-refractivity contribution is 0.0803. The van der Waals surface area contributed by atoms with E-state index in [-0.39, 0.29) is 6.10 Å². The Bertz CT molecular complexity index is 305. The fraction of sp³-hybridized carbons (Fsp3) is 0.727. The third-order valence-electron chi connectivity index (χ3n) is 2.58. The number of aromatic nitrogens is 1. The highest BCUT2D eigenvalue weighted by Crippen LogP contribution is 2.28. The van der Waals surface area contributed by atoms with Crippen LogP contribution in [-0.4, -0.2) is 29.4 Å². The molecule has 1 fully saturated rings. The fourth-order valence-corrected chi connectivity index (χ4v) is 2.80. The molecule has 1 aliphatic rings. The first-order valence-corrected chi connectivity index (χ1v) is 6.34. The van der Waals surface area contributed by atoms with E-state index in [0.29, 0.717) is 12.3 Å². The van der Waals surface area contributed by atoms with E-state index < -0.39 is 0 Å². The Balaban J connectivity index is 1.99. The lowest BCUT2D eigenvalue weighted by Gasteiger charge is -2.19. The Kier molecular flexibility index (Phi) is 3.72. The molecule has 15 heavy (non-hydrogen) atoms. The van der Waals surface area contributed by atoms with Crippen LogP contribution in [0, 0.1) is 0 Å². The summed E-state index contributed by atoms with van der Waals surface area (Å²) in [6.07, 6.45) is 2.67. The Hall–Kier alpha value is -0.450. The minimum absolute atomic E-state index is 0.303. The first-order valence-electron chi connectivity index (χ1n) is 5.46. The summed E-state index contributed by atoms with van der Waals surface area (Å²) in [5.41, 5.74) is 1.01. The van der Waals surface area contributed by atoms with Crippen molar-refractivity contribution < 1.29 is 9.84 Å². The lowest BCUT2D eigenvalue weighted by Crippen LogP contribution is -2.15. The zero-order valence-corrected chi connectivity index (χ0v) is 9.80. The monoisotopic (exact) mass is 227 g/mol. The summed E-state index contributed by atoms with van der Waals surface area (Å²) in [6, 6.07) is 0. The van der Waals surface area contributed by atoms with Gasteiger partial charge >= 0.3 is 0 Å². The minimum atomic E-state index is -0.303. The van der Waals surface area contributed by atoms with Gasteiger partial charge in [-0.3, -0.25) is 0 Å². The number of aliphatic hydroxyl groups is 1. The number of ether oxygens (including phenoxy) is 1. The Labute approximate surface area is 94.1 Å². The summed E-state index contributed by atoms with van der Waals surface area (Å²) in [6.45, 7) is 3.49. The number of hydrogen-bond donors (Lipinski definition) is 1. The Morgan fingerprint density at radius 2 is 2.60 bits per heavy atom. The normalized spacial score (nSPS) is 24.0. The molecule has 4 heteroatoms. The molecule has 2 unspecified atom stereocenters. The predicted octanol–water partition coefficient (Wildman–Crippen LogP) is 1.96. The van der Waals surface area contributed by atoms with Gasteiger partial charge in [0.1, 0.15) is 0 Å². The average molecular weight is 227 g/mol. The van der Waals surface area contributed by atoms with Crippen molar-refractivity contribution in [3.05, 3.63) is 16.1 Å². The molecule has 3 nitrogen and oxygen atoms in total. The third kappa shape index (κ3) is 3.00. The SMILES string of the molecule is CC(O)Cc1csc(C2CCCOC2)n1. The van der Waals surface area contributed by atoms with E-state index in [1.54, 1.807) is 18.3 Å². The van der Waals surface area contributed by atoms with E-state index in [4.69, 9.17) is 4.74 Å². The maximum atomic E-state index is 9.27. The van der Waals surface area contributed by atoms with Crippen LogP contribution in [0.25, 0.3) is 0 Å². The van der Waals surface area contributed by atoms with Crippen molar-refractivity contribution >= 4 is 11.3 Å². The molecule has 2 atom stereocenters. The van der Waals surface area contributed by atoms with Crippen molar-refractivity contribution in [1.29, 1.82) is 0 Å². The molecule has 0 aliphatic carbocycles. The molecular formula is C11H17NO2S. The maximum Gasteiger partial charge on any atom is 0.0982 e. The molecule has 1 aliphatic heterocycles. The summed E-state index contributed by atoms with van der Waals surface area (Å²) in [5, 5.41) is 12.5. The second-order valence-corrected chi connectivity index (χ2v) is 5.03. The van der Waals surface area contributed by atoms with Crippen molar-refractivity contribution in [2.24, 2.45) is 0 Å². The van der Waals surface area contributed by atoms with Gasteiger partial charge in [0.05, 0.1) is 23.4 Å². The van der Waals surface area contributed by atoms with E-state index in [0.717, 1.165) is 25.3 Å². The van der Waals surface area contributed by atoms with Gasteiger partial charge in [0, 0.05) is 24.3 Å². The van der Waals surface area contributed by atoms with Gasteiger partial charge in [-0.05, 0) is 19.8 Å². The summed E-state index contributed by atoms with van der Waals surface area (Å²) in [7, 11) is 0. The van der Waals surface area contributed by atoms with Crippen LogP contribution in [0.2, 0.25) is 0 Å². The van der Waals surface area contributed by atoms with E-state index >= 15 is 0 Å². The van der Waals surface area contributed by atoms with E-state index in [1.165, 1.54) is 11.4 Å². The van der Waals surface area contributed by atoms with Gasteiger partial charge in [-0.25, -0.2) is 4.98 Å². The molecular weight excluding hydrogens is 210 g/mol. The number of rotatable bonds is 3. The number of nitrogens with zero attached hydrogens (tertiary/aromatic N) is 1. The second kappa shape index (κ2) is 5.05. The van der Waals surface area contributed by atoms with E-state index in [1.807, 2.05) is 0 Å². The Morgan fingerprint density at radius 3 is 3.27 bits per heavy atom. The third-order valence-corrected chi connectivity index (χ3v) is 3.64. The van der Waals surface area contributed by atoms with Crippen LogP contribution >= 0.6 is 11.3 Å². The van der Waals surface area contributed by atoms with Crippen LogP contribution in [0.4, 0.5) is 0 Å². The van der Waals surface area contributed by atoms with Gasteiger partial charge in [0.2, 0.25) is 0 Å². The number of hydrogen-bond acceptors (Lipinski definition) is 4. The van der Waals surface area contributed by atoms with Crippen LogP contribution in [-0.2, 0) is 11.2 Å². The minimum Gasteiger partial charge on any atom is -0.393 e. The molecule has 0 radical (unpaired) electrons. The molecule has 1 saturated heterocycles. The van der Waals surface area contributed by atoms with Crippen LogP contribution in [0.5, 0.6) is 0 Å². The summed E-state index contributed by atoms with van der Waals surface area (Å²) in [4.78, 5) is 4.55. The molecule has 0 bridgehead atoms. The predicted molar refractivity (Wildman–Crippen MR) is 60.3 cm³/mol. The van der Waals surface area contributed by atoms with Crippen LogP contribution < -0.4 is 0 Å². The van der Waals surface area contributed by atoms with Crippen molar-refractivity contribution in [1.82, 2.24) is 4.98 Å². The summed E-state index contributed by atoms with van der Waals surface area (Å²) < 4.78 is 5.44. The zero-order chi connectivity index (χ0) is 10.7. The van der Waals surface area contributed by atoms with Gasteiger partial charge in [0.25, 0.3) is 0 Å². The Morgan fingerprint density at radius 1 is 1.73 bits per heavy atom. The lowest BCUT2D eigenvalue weighted by atomic mass is 10.0. The van der Waals surface area contributed by atoms with Gasteiger partial charge in [-0.2, -0.15) is 0 Å². The van der Waals surface area contributed by atoms with Gasteiger partial charge < -0.3 is 9.84 Å². The van der Waals surface area contributed by atoms with Gasteiger partial charge in [0.15, 0.2) is 0 Å². The van der Waals surface area contributed by atoms with Gasteiger partial charge in [-0.15, -0.1) is 11.3 Å². The fourth-order valence-electron chi connectivity index (χ4n) is 1.84. The first-order chi connectivity index (χ1) is 7.25. The molecule has 1 N–H and O–H groups in total. The largest absolute Gasteiger partial charge is 0.393 e. The number of aliphatic hydroxyl groups excluding tert-OH is 1. The molecule has 1 aromatic rings. The van der Waals surface area contributed by atoms with E-state index in [2.05, 4.69) is 10.4 Å². The molecule has 84 valence electrons. The standard InChI is InChI=1S/C11H17NO2S/c1-8(13)5-10-7-15-11(12-10)9-3-2-4-14-6-9/h7-9,13H,2-6H2,1H3. The second-order valence-electron chi connectivity index (χ2n) is 4.14. The highest BCUT2D eigenvalue weighted by Gasteiger charge is 2.19. The smallest absolute Gasteiger partial charge is 0.0982 e. The topological polar surface area (TPSA) is 42.4 Å². The van der Waals surface area contributed by atoms with Crippen molar-refractivity contribution in [3.63, 3.8) is 0 Å². The zero-order valence-electron chi connectivity index (χ0n) is 8.98. The molecule has 0 saturated carbocycles. The molecule has 0 spiro atoms. The van der Waals surface area contributed by atoms with Crippen molar-refractivity contribution in [3.8, 4) is 0 Å². The highest BCUT2D eigenvalue weighted by molar-refractivity contribution is 7.09. The van der Waals surface area contributed by atoms with Crippen molar-refractivity contribution in [2.75, 3.05) is 13.2 Å². The maximum absolute atomic E-state index is 9.27. The van der Waals surface area contributed by atoms with Crippen LogP contribution in [0.15, 0.2) is 5.38 Å². The molecule has 0 amide bonds. The summed E-state index contributed by atoms with van der Waals surface area (Å²) in [5.74, 6) is 0.478. The van der Waals surface area contributed by atoms with Crippen LogP contribution in [0.3, 0.4) is 0 Å². The molecule has 0 aromatic carbocycles. The molecule has 2 heterocycles. The molecule has 2 rings (SSSR count). The van der Waals surface area contributed by atoms with Gasteiger partial charge in [-0.1, -0.05) is 0 Å². The average Bonchev–Trinajstić information content (AvgIpc) is 2.67. The van der Waals surface area contributed by atoms with Crippen LogP contribution in [0.1, 0.15) is 36.4 Å². The quantitative estimate of drug-likeness (QED) is 0.858. The number of thiazole rings is 1. The van der Waals surface area contributed by atoms with Crippen molar-refractivity contribution in [2.45, 2.75) is 38.2 Å². The summed E-state index contributed by atoms with van der Waals surface area (Å²) >= 11 is 1.70. The van der Waals surface area contributed by atoms with E-state index in [9.17, 15) is 5.11 Å².